The highest BCUT2D eigenvalue weighted by Gasteiger charge is 2.25. The molecule has 1 aliphatic heterocycles. The van der Waals surface area contributed by atoms with Gasteiger partial charge in [-0.1, -0.05) is 5.16 Å². The van der Waals surface area contributed by atoms with Crippen LogP contribution in [0.4, 0.5) is 0 Å². The molecule has 1 amide bonds. The molecule has 128 valence electrons. The Balaban J connectivity index is 1.56. The lowest BCUT2D eigenvalue weighted by Gasteiger charge is -2.32. The number of pyridine rings is 1. The van der Waals surface area contributed by atoms with Crippen molar-refractivity contribution in [1.82, 2.24) is 20.0 Å². The Morgan fingerprint density at radius 2 is 2.33 bits per heavy atom. The molecule has 0 aliphatic carbocycles. The van der Waals surface area contributed by atoms with Crippen LogP contribution < -0.4 is 4.74 Å². The molecule has 1 atom stereocenters. The van der Waals surface area contributed by atoms with Gasteiger partial charge in [0.05, 0.1) is 18.8 Å². The normalized spacial score (nSPS) is 17.8. The highest BCUT2D eigenvalue weighted by atomic mass is 16.5. The Morgan fingerprint density at radius 3 is 3.00 bits per heavy atom. The van der Waals surface area contributed by atoms with E-state index in [2.05, 4.69) is 15.1 Å². The number of hydrogen-bond acceptors (Lipinski definition) is 7. The average Bonchev–Trinajstić information content (AvgIpc) is 3.05. The van der Waals surface area contributed by atoms with E-state index < -0.39 is 0 Å². The van der Waals surface area contributed by atoms with Crippen molar-refractivity contribution in [2.45, 2.75) is 32.5 Å². The van der Waals surface area contributed by atoms with Gasteiger partial charge >= 0.3 is 0 Å². The maximum absolute atomic E-state index is 12.6. The Bertz CT molecular complexity index is 686. The molecule has 0 radical (unpaired) electrons. The lowest BCUT2D eigenvalue weighted by Crippen LogP contribution is -2.43. The number of aryl methyl sites for hydroxylation is 1. The van der Waals surface area contributed by atoms with Crippen LogP contribution in [0.1, 0.15) is 34.9 Å². The van der Waals surface area contributed by atoms with Crippen molar-refractivity contribution in [3.05, 3.63) is 35.6 Å². The van der Waals surface area contributed by atoms with Crippen molar-refractivity contribution in [3.63, 3.8) is 0 Å². The number of methoxy groups -OCH3 is 1. The van der Waals surface area contributed by atoms with Crippen molar-refractivity contribution >= 4 is 5.91 Å². The molecule has 8 nitrogen and oxygen atoms in total. The van der Waals surface area contributed by atoms with Crippen molar-refractivity contribution < 1.29 is 18.8 Å². The fourth-order valence-corrected chi connectivity index (χ4v) is 2.66. The van der Waals surface area contributed by atoms with Gasteiger partial charge < -0.3 is 18.9 Å². The maximum atomic E-state index is 12.6. The summed E-state index contributed by atoms with van der Waals surface area (Å²) in [6, 6.07) is 3.41. The topological polar surface area (TPSA) is 90.6 Å². The van der Waals surface area contributed by atoms with Crippen molar-refractivity contribution in [2.75, 3.05) is 20.2 Å². The minimum atomic E-state index is -0.0490. The second-order valence-corrected chi connectivity index (χ2v) is 5.65. The van der Waals surface area contributed by atoms with Gasteiger partial charge in [0.1, 0.15) is 6.61 Å². The quantitative estimate of drug-likeness (QED) is 0.821. The van der Waals surface area contributed by atoms with Crippen molar-refractivity contribution in [1.29, 1.82) is 0 Å². The third-order valence-electron chi connectivity index (χ3n) is 3.87. The number of piperidine rings is 1. The Labute approximate surface area is 139 Å². The molecule has 24 heavy (non-hydrogen) atoms. The van der Waals surface area contributed by atoms with Crippen LogP contribution in [0, 0.1) is 6.92 Å². The van der Waals surface area contributed by atoms with Crippen LogP contribution in [0.25, 0.3) is 0 Å². The Morgan fingerprint density at radius 1 is 1.46 bits per heavy atom. The molecule has 1 fully saturated rings. The van der Waals surface area contributed by atoms with Crippen LogP contribution in [0.2, 0.25) is 0 Å². The standard InChI is InChI=1S/C16H20N4O4/c1-11-18-15(24-19-11)10-23-13-4-3-7-20(9-13)16(21)12-5-6-14(22-2)17-8-12/h5-6,8,13H,3-4,7,9-10H2,1-2H3. The van der Waals surface area contributed by atoms with Gasteiger partial charge in [0, 0.05) is 25.4 Å². The van der Waals surface area contributed by atoms with E-state index in [1.165, 1.54) is 6.20 Å². The molecule has 0 aromatic carbocycles. The summed E-state index contributed by atoms with van der Waals surface area (Å²) in [5, 5.41) is 3.73. The van der Waals surface area contributed by atoms with Crippen LogP contribution >= 0.6 is 0 Å². The Kier molecular flexibility index (Phi) is 5.05. The van der Waals surface area contributed by atoms with Gasteiger partial charge in [0.25, 0.3) is 11.8 Å². The first-order chi connectivity index (χ1) is 11.7. The summed E-state index contributed by atoms with van der Waals surface area (Å²) in [7, 11) is 1.54. The summed E-state index contributed by atoms with van der Waals surface area (Å²) in [6.07, 6.45) is 3.29. The van der Waals surface area contributed by atoms with Crippen LogP contribution in [0.15, 0.2) is 22.9 Å². The second-order valence-electron chi connectivity index (χ2n) is 5.65. The van der Waals surface area contributed by atoms with E-state index >= 15 is 0 Å². The zero-order valence-corrected chi connectivity index (χ0v) is 13.8. The number of nitrogens with zero attached hydrogens (tertiary/aromatic N) is 4. The van der Waals surface area contributed by atoms with Crippen LogP contribution in [-0.4, -0.2) is 52.2 Å². The second kappa shape index (κ2) is 7.39. The fraction of sp³-hybridized carbons (Fsp3) is 0.500. The number of hydrogen-bond donors (Lipinski definition) is 0. The minimum absolute atomic E-state index is 0.0406. The molecule has 3 rings (SSSR count). The molecule has 3 heterocycles. The summed E-state index contributed by atoms with van der Waals surface area (Å²) >= 11 is 0. The molecular weight excluding hydrogens is 312 g/mol. The monoisotopic (exact) mass is 332 g/mol. The number of amides is 1. The third-order valence-corrected chi connectivity index (χ3v) is 3.87. The lowest BCUT2D eigenvalue weighted by atomic mass is 10.1. The maximum Gasteiger partial charge on any atom is 0.255 e. The number of carbonyl (C=O) groups is 1. The number of ether oxygens (including phenoxy) is 2. The van der Waals surface area contributed by atoms with Gasteiger partial charge in [-0.15, -0.1) is 0 Å². The first kappa shape index (κ1) is 16.4. The zero-order valence-electron chi connectivity index (χ0n) is 13.8. The average molecular weight is 332 g/mol. The predicted octanol–water partition coefficient (Wildman–Crippen LogP) is 1.60. The van der Waals surface area contributed by atoms with Gasteiger partial charge in [0.2, 0.25) is 5.88 Å². The first-order valence-electron chi connectivity index (χ1n) is 7.86. The highest BCUT2D eigenvalue weighted by molar-refractivity contribution is 5.94. The number of carbonyl (C=O) groups excluding carboxylic acids is 1. The van der Waals surface area contributed by atoms with E-state index in [-0.39, 0.29) is 18.6 Å². The van der Waals surface area contributed by atoms with E-state index in [1.54, 1.807) is 31.1 Å². The molecule has 1 saturated heterocycles. The molecule has 8 heteroatoms. The van der Waals surface area contributed by atoms with Gasteiger partial charge in [-0.2, -0.15) is 4.98 Å². The molecule has 0 spiro atoms. The highest BCUT2D eigenvalue weighted by Crippen LogP contribution is 2.18. The lowest BCUT2D eigenvalue weighted by molar-refractivity contribution is -0.0153. The predicted molar refractivity (Wildman–Crippen MR) is 83.5 cm³/mol. The molecule has 2 aromatic rings. The first-order valence-corrected chi connectivity index (χ1v) is 7.86. The minimum Gasteiger partial charge on any atom is -0.481 e. The van der Waals surface area contributed by atoms with Crippen molar-refractivity contribution in [3.8, 4) is 5.88 Å². The summed E-state index contributed by atoms with van der Waals surface area (Å²) < 4.78 is 15.9. The molecule has 0 saturated carbocycles. The van der Waals surface area contributed by atoms with Crippen LogP contribution in [0.3, 0.4) is 0 Å². The number of rotatable bonds is 5. The summed E-state index contributed by atoms with van der Waals surface area (Å²) in [5.41, 5.74) is 0.545. The van der Waals surface area contributed by atoms with E-state index in [1.807, 2.05) is 0 Å². The van der Waals surface area contributed by atoms with Crippen molar-refractivity contribution in [2.24, 2.45) is 0 Å². The summed E-state index contributed by atoms with van der Waals surface area (Å²) in [6.45, 7) is 3.27. The van der Waals surface area contributed by atoms with E-state index in [0.717, 1.165) is 12.8 Å². The third kappa shape index (κ3) is 3.88. The summed E-state index contributed by atoms with van der Waals surface area (Å²) in [4.78, 5) is 22.6. The Hall–Kier alpha value is -2.48. The largest absolute Gasteiger partial charge is 0.481 e. The van der Waals surface area contributed by atoms with E-state index in [9.17, 15) is 4.79 Å². The van der Waals surface area contributed by atoms with Gasteiger partial charge in [0.15, 0.2) is 5.82 Å². The SMILES string of the molecule is COc1ccc(C(=O)N2CCCC(OCc3nc(C)no3)C2)cn1. The summed E-state index contributed by atoms with van der Waals surface area (Å²) in [5.74, 6) is 1.48. The number of likely N-dealkylation sites (tertiary alicyclic amines) is 1. The van der Waals surface area contributed by atoms with Gasteiger partial charge in [-0.25, -0.2) is 4.98 Å². The molecule has 0 bridgehead atoms. The van der Waals surface area contributed by atoms with E-state index in [4.69, 9.17) is 14.0 Å². The van der Waals surface area contributed by atoms with Gasteiger partial charge in [-0.05, 0) is 25.8 Å². The smallest absolute Gasteiger partial charge is 0.255 e. The van der Waals surface area contributed by atoms with Crippen LogP contribution in [0.5, 0.6) is 5.88 Å². The molecule has 0 N–H and O–H groups in total. The fourth-order valence-electron chi connectivity index (χ4n) is 2.66. The zero-order chi connectivity index (χ0) is 16.9. The molecule has 1 aliphatic rings. The molecule has 1 unspecified atom stereocenters. The molecule has 2 aromatic heterocycles. The van der Waals surface area contributed by atoms with E-state index in [0.29, 0.717) is 36.2 Å². The molecular formula is C16H20N4O4. The van der Waals surface area contributed by atoms with Crippen LogP contribution in [-0.2, 0) is 11.3 Å². The van der Waals surface area contributed by atoms with Gasteiger partial charge in [-0.3, -0.25) is 4.79 Å². The number of aromatic nitrogens is 3.